The van der Waals surface area contributed by atoms with Crippen molar-refractivity contribution in [3.05, 3.63) is 54.6 Å². The third-order valence-electron chi connectivity index (χ3n) is 5.98. The van der Waals surface area contributed by atoms with Crippen molar-refractivity contribution in [2.24, 2.45) is 0 Å². The molecule has 8 nitrogen and oxygen atoms in total. The van der Waals surface area contributed by atoms with Crippen molar-refractivity contribution in [1.29, 1.82) is 0 Å². The molecule has 160 valence electrons. The highest BCUT2D eigenvalue weighted by molar-refractivity contribution is 5.90. The number of carbonyl (C=O) groups is 1. The van der Waals surface area contributed by atoms with Crippen molar-refractivity contribution in [3.63, 3.8) is 0 Å². The average molecular weight is 419 g/mol. The molecule has 4 heterocycles. The molecule has 2 aliphatic rings. The highest BCUT2D eigenvalue weighted by Crippen LogP contribution is 2.22. The second-order valence-corrected chi connectivity index (χ2v) is 7.99. The zero-order valence-electron chi connectivity index (χ0n) is 17.5. The number of aromatic nitrogens is 3. The maximum absolute atomic E-state index is 12.8. The number of anilines is 2. The van der Waals surface area contributed by atoms with Gasteiger partial charge in [-0.3, -0.25) is 4.79 Å². The minimum Gasteiger partial charge on any atom is -0.368 e. The lowest BCUT2D eigenvalue weighted by molar-refractivity contribution is 0.0696. The van der Waals surface area contributed by atoms with Gasteiger partial charge in [-0.2, -0.15) is 4.98 Å². The quantitative estimate of drug-likeness (QED) is 0.644. The van der Waals surface area contributed by atoms with Crippen molar-refractivity contribution in [3.8, 4) is 11.4 Å². The van der Waals surface area contributed by atoms with Gasteiger partial charge in [0.15, 0.2) is 0 Å². The third kappa shape index (κ3) is 4.23. The summed E-state index contributed by atoms with van der Waals surface area (Å²) >= 11 is 0. The molecule has 2 fully saturated rings. The summed E-state index contributed by atoms with van der Waals surface area (Å²) in [6.45, 7) is 4.89. The first-order valence-electron chi connectivity index (χ1n) is 10.9. The second kappa shape index (κ2) is 8.75. The van der Waals surface area contributed by atoms with E-state index >= 15 is 0 Å². The van der Waals surface area contributed by atoms with Crippen LogP contribution in [0.3, 0.4) is 0 Å². The third-order valence-corrected chi connectivity index (χ3v) is 5.98. The van der Waals surface area contributed by atoms with Gasteiger partial charge in [0.1, 0.15) is 5.82 Å². The van der Waals surface area contributed by atoms with E-state index in [-0.39, 0.29) is 11.8 Å². The van der Waals surface area contributed by atoms with Crippen LogP contribution >= 0.6 is 0 Å². The van der Waals surface area contributed by atoms with Crippen molar-refractivity contribution in [2.75, 3.05) is 49.1 Å². The number of piperazine rings is 1. The molecule has 1 aromatic carbocycles. The van der Waals surface area contributed by atoms with Gasteiger partial charge in [-0.1, -0.05) is 23.4 Å². The highest BCUT2D eigenvalue weighted by Gasteiger charge is 2.26. The van der Waals surface area contributed by atoms with Gasteiger partial charge >= 0.3 is 11.8 Å². The number of amides is 1. The number of para-hydroxylation sites is 1. The number of rotatable bonds is 4. The Morgan fingerprint density at radius 3 is 2.32 bits per heavy atom. The maximum Gasteiger partial charge on any atom is 0.316 e. The Morgan fingerprint density at radius 1 is 0.839 bits per heavy atom. The molecule has 3 aromatic rings. The van der Waals surface area contributed by atoms with E-state index in [1.807, 2.05) is 30.3 Å². The van der Waals surface area contributed by atoms with Crippen LogP contribution in [0, 0.1) is 0 Å². The lowest BCUT2D eigenvalue weighted by Gasteiger charge is -2.35. The van der Waals surface area contributed by atoms with Crippen LogP contribution in [0.25, 0.3) is 11.4 Å². The molecule has 1 amide bonds. The summed E-state index contributed by atoms with van der Waals surface area (Å²) in [5.41, 5.74) is 1.92. The van der Waals surface area contributed by atoms with Crippen molar-refractivity contribution in [1.82, 2.24) is 20.0 Å². The Balaban J connectivity index is 1.22. The first-order valence-corrected chi connectivity index (χ1v) is 10.9. The molecule has 0 aliphatic carbocycles. The second-order valence-electron chi connectivity index (χ2n) is 7.99. The largest absolute Gasteiger partial charge is 0.368 e. The van der Waals surface area contributed by atoms with E-state index < -0.39 is 0 Å². The van der Waals surface area contributed by atoms with Gasteiger partial charge < -0.3 is 19.2 Å². The van der Waals surface area contributed by atoms with E-state index in [0.717, 1.165) is 37.6 Å². The van der Waals surface area contributed by atoms with Crippen molar-refractivity contribution >= 4 is 17.4 Å². The molecule has 2 aliphatic heterocycles. The molecule has 0 radical (unpaired) electrons. The van der Waals surface area contributed by atoms with Crippen LogP contribution in [0.4, 0.5) is 11.5 Å². The van der Waals surface area contributed by atoms with E-state index in [9.17, 15) is 4.79 Å². The molecular weight excluding hydrogens is 392 g/mol. The molecule has 8 heteroatoms. The summed E-state index contributed by atoms with van der Waals surface area (Å²) in [4.78, 5) is 28.1. The van der Waals surface area contributed by atoms with E-state index in [0.29, 0.717) is 18.9 Å². The predicted molar refractivity (Wildman–Crippen MR) is 118 cm³/mol. The van der Waals surface area contributed by atoms with Crippen molar-refractivity contribution in [2.45, 2.75) is 19.3 Å². The SMILES string of the molecule is O=C(c1nc(-c2ccc(N3CCCCC3)nc2)no1)N1CCN(c2ccccc2)CC1. The zero-order chi connectivity index (χ0) is 21.0. The lowest BCUT2D eigenvalue weighted by atomic mass is 10.1. The number of carbonyl (C=O) groups excluding carboxylic acids is 1. The van der Waals surface area contributed by atoms with Crippen molar-refractivity contribution < 1.29 is 9.32 Å². The summed E-state index contributed by atoms with van der Waals surface area (Å²) in [6, 6.07) is 14.2. The predicted octanol–water partition coefficient (Wildman–Crippen LogP) is 3.08. The Hall–Kier alpha value is -3.42. The average Bonchev–Trinajstić information content (AvgIpc) is 3.35. The molecule has 0 unspecified atom stereocenters. The van der Waals surface area contributed by atoms with Crippen LogP contribution in [-0.2, 0) is 0 Å². The number of pyridine rings is 1. The number of nitrogens with zero attached hydrogens (tertiary/aromatic N) is 6. The molecular formula is C23H26N6O2. The van der Waals surface area contributed by atoms with Crippen LogP contribution in [-0.4, -0.2) is 65.2 Å². The number of hydrogen-bond acceptors (Lipinski definition) is 7. The Morgan fingerprint density at radius 2 is 1.61 bits per heavy atom. The van der Waals surface area contributed by atoms with E-state index in [4.69, 9.17) is 4.52 Å². The fourth-order valence-corrected chi connectivity index (χ4v) is 4.20. The smallest absolute Gasteiger partial charge is 0.316 e. The van der Waals surface area contributed by atoms with E-state index in [1.54, 1.807) is 11.1 Å². The van der Waals surface area contributed by atoms with Gasteiger partial charge in [-0.15, -0.1) is 0 Å². The van der Waals surface area contributed by atoms with Crippen LogP contribution in [0.15, 0.2) is 53.2 Å². The number of benzene rings is 1. The molecule has 0 atom stereocenters. The molecule has 0 spiro atoms. The lowest BCUT2D eigenvalue weighted by Crippen LogP contribution is -2.48. The normalized spacial score (nSPS) is 17.1. The standard InChI is InChI=1S/C23H26N6O2/c30-23(29-15-13-27(14-16-29)19-7-3-1-4-8-19)22-25-21(26-31-22)18-9-10-20(24-17-18)28-11-5-2-6-12-28/h1,3-4,7-10,17H,2,5-6,11-16H2. The molecule has 31 heavy (non-hydrogen) atoms. The summed E-state index contributed by atoms with van der Waals surface area (Å²) in [5, 5.41) is 4.01. The minimum absolute atomic E-state index is 0.0308. The fourth-order valence-electron chi connectivity index (χ4n) is 4.20. The fraction of sp³-hybridized carbons (Fsp3) is 0.391. The van der Waals surface area contributed by atoms with Crippen LogP contribution in [0.1, 0.15) is 29.9 Å². The van der Waals surface area contributed by atoms with Crippen LogP contribution in [0.2, 0.25) is 0 Å². The first-order chi connectivity index (χ1) is 15.3. The summed E-state index contributed by atoms with van der Waals surface area (Å²) in [7, 11) is 0. The van der Waals surface area contributed by atoms with Gasteiger partial charge in [-0.05, 0) is 43.5 Å². The highest BCUT2D eigenvalue weighted by atomic mass is 16.5. The van der Waals surface area contributed by atoms with Gasteiger partial charge in [0.25, 0.3) is 0 Å². The zero-order valence-corrected chi connectivity index (χ0v) is 17.5. The minimum atomic E-state index is -0.218. The molecule has 2 aromatic heterocycles. The van der Waals surface area contributed by atoms with Gasteiger partial charge in [0, 0.05) is 56.7 Å². The Bertz CT molecular complexity index is 1010. The molecule has 0 N–H and O–H groups in total. The van der Waals surface area contributed by atoms with Gasteiger partial charge in [0.2, 0.25) is 5.82 Å². The molecule has 5 rings (SSSR count). The Labute approximate surface area is 181 Å². The summed E-state index contributed by atoms with van der Waals surface area (Å²) in [5.74, 6) is 1.18. The van der Waals surface area contributed by atoms with E-state index in [1.165, 1.54) is 24.9 Å². The van der Waals surface area contributed by atoms with Crippen LogP contribution in [0.5, 0.6) is 0 Å². The van der Waals surface area contributed by atoms with Gasteiger partial charge in [-0.25, -0.2) is 4.98 Å². The Kier molecular flexibility index (Phi) is 5.52. The van der Waals surface area contributed by atoms with Crippen LogP contribution < -0.4 is 9.80 Å². The summed E-state index contributed by atoms with van der Waals surface area (Å²) in [6.07, 6.45) is 5.45. The first kappa shape index (κ1) is 19.5. The number of hydrogen-bond donors (Lipinski definition) is 0. The molecule has 2 saturated heterocycles. The van der Waals surface area contributed by atoms with E-state index in [2.05, 4.69) is 37.1 Å². The maximum atomic E-state index is 12.8. The molecule has 0 saturated carbocycles. The topological polar surface area (TPSA) is 78.6 Å². The van der Waals surface area contributed by atoms with Gasteiger partial charge in [0.05, 0.1) is 0 Å². The monoisotopic (exact) mass is 418 g/mol. The number of piperidine rings is 1. The molecule has 0 bridgehead atoms. The summed E-state index contributed by atoms with van der Waals surface area (Å²) < 4.78 is 5.29.